The van der Waals surface area contributed by atoms with Crippen LogP contribution in [0.4, 0.5) is 47.3 Å². The maximum Gasteiger partial charge on any atom is 0.193 e. The number of aliphatic hydroxyl groups excluding tert-OH is 7. The Morgan fingerprint density at radius 2 is 0.831 bits per heavy atom. The fourth-order valence-electron chi connectivity index (χ4n) is 27.1. The average Bonchev–Trinajstić information content (AvgIpc) is 1.50. The number of carbonyl (C=O) groups excluding carboxylic acids is 7. The summed E-state index contributed by atoms with van der Waals surface area (Å²) in [5.41, 5.74) is 6.21. The number of carbonyl (C=O) groups is 7. The molecule has 0 unspecified atom stereocenters. The summed E-state index contributed by atoms with van der Waals surface area (Å²) in [5.74, 6) is -5.66. The van der Waals surface area contributed by atoms with Gasteiger partial charge in [0.2, 0.25) is 0 Å². The van der Waals surface area contributed by atoms with Crippen molar-refractivity contribution in [2.45, 2.75) is 215 Å². The van der Waals surface area contributed by atoms with Crippen LogP contribution in [0.2, 0.25) is 0 Å². The van der Waals surface area contributed by atoms with Gasteiger partial charge in [-0.15, -0.1) is 0 Å². The lowest BCUT2D eigenvalue weighted by Gasteiger charge is -2.62. The van der Waals surface area contributed by atoms with Crippen LogP contribution in [-0.2, 0) is 54.1 Å². The molecule has 12 aliphatic carbocycles. The van der Waals surface area contributed by atoms with Crippen molar-refractivity contribution >= 4 is 75.1 Å². The van der Waals surface area contributed by atoms with E-state index in [0.717, 1.165) is 41.0 Å². The number of ether oxygens (including phenoxy) is 4. The molecule has 14 aliphatic rings. The van der Waals surface area contributed by atoms with E-state index >= 15 is 13.2 Å². The summed E-state index contributed by atoms with van der Waals surface area (Å²) in [6.45, 7) is 10.2. The molecule has 23 nitrogen and oxygen atoms in total. The van der Waals surface area contributed by atoms with Crippen molar-refractivity contribution in [3.63, 3.8) is 0 Å². The molecule has 0 aromatic heterocycles. The van der Waals surface area contributed by atoms with E-state index in [0.29, 0.717) is 90.6 Å². The third kappa shape index (κ3) is 13.8. The van der Waals surface area contributed by atoms with Crippen molar-refractivity contribution in [3.8, 4) is 0 Å². The predicted molar refractivity (Wildman–Crippen MR) is 478 cm³/mol. The third-order valence-electron chi connectivity index (χ3n) is 33.6. The number of halogens is 3. The third-order valence-corrected chi connectivity index (χ3v) is 33.6. The van der Waals surface area contributed by atoms with E-state index in [9.17, 15) is 74.4 Å². The standard InChI is InChI=1S/2C34H37FN2O6.C21H27FO6.C15H14O/c2*1-31-13-12-24(39)14-20(31)8-11-25-26-16-29-34(28(41)18-38,32(26,2)17-27(40)33(25,31)35)43-30(42-29)19-6-9-22(10-7-19)37-23-5-3-4-21(36)15-23;1-18-6-5-12(24)7-11(18)3-4-13-14-8-15(25)21(28,17(27)10-23)19(14,2)9-16(26)20(13,18)22;1-12-3-2-4-15(9-12)10-13-5-7-14(11-16)8-6-13/h2*3-7,9-10,12-15,25-27,29-30,37-38,40H,8,11,16-18,36H2,1-2H3;5-7,13-16,23,25-26,28H,3-4,8-10H2,1-2H3;2-9,11H,10H2,1H3/t25-,26-,27-,29+,30+,31-,32-,33-,34+;25-,26-,27-,29+,30-,31-,32-,33-,34+;13-,14-,15+,16-,18-,19-,20-,21-;/m000./s1. The molecule has 26 heteroatoms. The van der Waals surface area contributed by atoms with Gasteiger partial charge in [0.15, 0.2) is 81.1 Å². The normalized spacial score (nSPS) is 39.7. The monoisotopic (exact) mass is 1780 g/mol. The molecular weight excluding hydrogens is 1670 g/mol. The molecule has 0 spiro atoms. The molecule has 130 heavy (non-hydrogen) atoms. The Kier molecular flexibility index (Phi) is 23.5. The van der Waals surface area contributed by atoms with Crippen LogP contribution in [0.25, 0.3) is 0 Å². The van der Waals surface area contributed by atoms with Crippen molar-refractivity contribution in [1.82, 2.24) is 0 Å². The van der Waals surface area contributed by atoms with Gasteiger partial charge in [0.25, 0.3) is 0 Å². The van der Waals surface area contributed by atoms with Crippen LogP contribution in [0.15, 0.2) is 217 Å². The molecule has 686 valence electrons. The smallest absolute Gasteiger partial charge is 0.193 e. The molecular formula is C104H115F3N4O19. The van der Waals surface area contributed by atoms with E-state index in [1.165, 1.54) is 59.2 Å². The fourth-order valence-corrected chi connectivity index (χ4v) is 27.1. The molecule has 26 atom stereocenters. The van der Waals surface area contributed by atoms with Crippen LogP contribution in [0.1, 0.15) is 169 Å². The maximum atomic E-state index is 17.5. The van der Waals surface area contributed by atoms with E-state index in [4.69, 9.17) is 30.4 Å². The number of aliphatic hydroxyl groups is 8. The van der Waals surface area contributed by atoms with Gasteiger partial charge in [-0.25, -0.2) is 13.2 Å². The van der Waals surface area contributed by atoms with Crippen molar-refractivity contribution in [2.75, 3.05) is 41.9 Å². The largest absolute Gasteiger partial charge is 0.399 e. The van der Waals surface area contributed by atoms with E-state index < -0.39 is 176 Å². The average molecular weight is 1780 g/mol. The predicted octanol–water partition coefficient (Wildman–Crippen LogP) is 13.4. The number of fused-ring (bicyclic) bond motifs is 19. The minimum absolute atomic E-state index is 0.0135. The molecule has 9 saturated carbocycles. The summed E-state index contributed by atoms with van der Waals surface area (Å²) >= 11 is 0. The minimum Gasteiger partial charge on any atom is -0.399 e. The Labute approximate surface area is 753 Å². The summed E-state index contributed by atoms with van der Waals surface area (Å²) in [5, 5.41) is 92.4. The first-order valence-corrected chi connectivity index (χ1v) is 45.1. The number of hydrogen-bond donors (Lipinski definition) is 12. The summed E-state index contributed by atoms with van der Waals surface area (Å²) in [6, 6.07) is 46.0. The summed E-state index contributed by atoms with van der Waals surface area (Å²) in [6.07, 6.45) is 9.21. The first-order valence-electron chi connectivity index (χ1n) is 45.1. The van der Waals surface area contributed by atoms with E-state index in [1.807, 2.05) is 135 Å². The summed E-state index contributed by atoms with van der Waals surface area (Å²) in [4.78, 5) is 86.4. The van der Waals surface area contributed by atoms with Gasteiger partial charge in [0.1, 0.15) is 26.1 Å². The number of aldehydes is 1. The number of Topliss-reactive ketones (excluding diaryl/α,β-unsaturated/α-hetero) is 3. The number of rotatable bonds is 15. The number of allylic oxidation sites excluding steroid dienone is 12. The Morgan fingerprint density at radius 1 is 0.454 bits per heavy atom. The SMILES string of the molecule is C[C@]12C=CC(=O)C=C1CC[C@H]1[C@@H]3C[C@@H](O)[C@](O)(C(=O)CO)[C@@]3(C)C[C@H](O)[C@@]12F.C[C@]12C=CC(=O)C=C1CC[C@H]1[C@@H]3C[C@H]4O[C@@H](c5ccc(Nc6cccc(N)c6)cc5)O[C@@]4(C(=O)CO)[C@@]3(C)C[C@H](O)[C@@]12F.C[C@]12C=CC(=O)C=C1CC[C@H]1[C@@H]3C[C@H]4O[C@H](c5ccc(Nc6cccc(N)c6)cc5)O[C@@]4(C(=O)CO)[C@@]3(C)C[C@H](O)[C@@]12F.Cc1cccc(Cc2ccc(C=O)cc2)c1. The Bertz CT molecular complexity index is 5490. The zero-order valence-corrected chi connectivity index (χ0v) is 73.9. The van der Waals surface area contributed by atoms with Crippen LogP contribution in [0.5, 0.6) is 0 Å². The lowest BCUT2D eigenvalue weighted by molar-refractivity contribution is -0.231. The van der Waals surface area contributed by atoms with Crippen LogP contribution in [-0.4, -0.2) is 172 Å². The number of nitrogen functional groups attached to an aromatic ring is 2. The molecule has 6 aromatic rings. The van der Waals surface area contributed by atoms with E-state index in [1.54, 1.807) is 39.8 Å². The van der Waals surface area contributed by atoms with Crippen molar-refractivity contribution in [3.05, 3.63) is 250 Å². The van der Waals surface area contributed by atoms with Crippen molar-refractivity contribution < 1.29 is 107 Å². The van der Waals surface area contributed by atoms with Gasteiger partial charge < -0.3 is 81.9 Å². The molecule has 14 N–H and O–H groups in total. The van der Waals surface area contributed by atoms with Gasteiger partial charge in [0, 0.05) is 101 Å². The lowest BCUT2D eigenvalue weighted by atomic mass is 9.44. The van der Waals surface area contributed by atoms with Gasteiger partial charge in [0.05, 0.1) is 36.6 Å². The number of alkyl halides is 3. The van der Waals surface area contributed by atoms with Crippen molar-refractivity contribution in [2.24, 2.45) is 68.0 Å². The molecule has 0 amide bonds. The Balaban J connectivity index is 0.000000128. The Morgan fingerprint density at radius 3 is 1.20 bits per heavy atom. The van der Waals surface area contributed by atoms with Gasteiger partial charge in [-0.3, -0.25) is 33.6 Å². The number of nitrogens with two attached hydrogens (primary N) is 2. The molecule has 0 bridgehead atoms. The highest BCUT2D eigenvalue weighted by atomic mass is 19.2. The van der Waals surface area contributed by atoms with Crippen LogP contribution < -0.4 is 22.1 Å². The molecule has 20 rings (SSSR count). The first kappa shape index (κ1) is 91.8. The Hall–Kier alpha value is -10.0. The molecule has 6 aromatic carbocycles. The van der Waals surface area contributed by atoms with Gasteiger partial charge in [-0.1, -0.05) is 146 Å². The lowest BCUT2D eigenvalue weighted by Crippen LogP contribution is -2.69. The highest BCUT2D eigenvalue weighted by Crippen LogP contribution is 2.76. The molecule has 2 heterocycles. The second-order valence-electron chi connectivity index (χ2n) is 39.9. The molecule has 2 aliphatic heterocycles. The van der Waals surface area contributed by atoms with E-state index in [2.05, 4.69) is 41.8 Å². The quantitative estimate of drug-likeness (QED) is 0.0335. The highest BCUT2D eigenvalue weighted by Gasteiger charge is 2.83. The van der Waals surface area contributed by atoms with Gasteiger partial charge in [-0.05, 0) is 237 Å². The topological polar surface area (TPSA) is 394 Å². The number of ketones is 6. The van der Waals surface area contributed by atoms with Gasteiger partial charge in [-0.2, -0.15) is 0 Å². The number of anilines is 6. The van der Waals surface area contributed by atoms with Crippen LogP contribution in [0, 0.1) is 74.9 Å². The minimum atomic E-state index is -2.23. The van der Waals surface area contributed by atoms with Crippen molar-refractivity contribution in [1.29, 1.82) is 0 Å². The van der Waals surface area contributed by atoms with E-state index in [-0.39, 0.29) is 54.9 Å². The first-order chi connectivity index (χ1) is 61.7. The second kappa shape index (κ2) is 33.3. The maximum absolute atomic E-state index is 17.5. The number of aryl methyl sites for hydroxylation is 1. The fraction of sp³-hybridized carbons (Fsp3) is 0.471. The summed E-state index contributed by atoms with van der Waals surface area (Å²) < 4.78 is 77.9. The molecule has 2 saturated heterocycles. The summed E-state index contributed by atoms with van der Waals surface area (Å²) in [7, 11) is 0. The zero-order valence-electron chi connectivity index (χ0n) is 73.9. The van der Waals surface area contributed by atoms with Crippen LogP contribution >= 0.6 is 0 Å². The van der Waals surface area contributed by atoms with Crippen LogP contribution in [0.3, 0.4) is 0 Å². The zero-order chi connectivity index (χ0) is 92.8. The highest BCUT2D eigenvalue weighted by molar-refractivity contribution is 6.03. The number of nitrogens with one attached hydrogen (secondary N) is 2. The number of benzene rings is 6. The van der Waals surface area contributed by atoms with Gasteiger partial charge >= 0.3 is 0 Å². The molecule has 11 fully saturated rings. The number of hydrogen-bond acceptors (Lipinski definition) is 23. The second-order valence-corrected chi connectivity index (χ2v) is 39.9. The molecule has 0 radical (unpaired) electrons.